The zero-order valence-corrected chi connectivity index (χ0v) is 12.6. The van der Waals surface area contributed by atoms with Gasteiger partial charge in [-0.25, -0.2) is 0 Å². The lowest BCUT2D eigenvalue weighted by Crippen LogP contribution is -2.33. The van der Waals surface area contributed by atoms with Gasteiger partial charge in [0, 0.05) is 19.0 Å². The number of nitrogens with one attached hydrogen (secondary N) is 1. The summed E-state index contributed by atoms with van der Waals surface area (Å²) in [6, 6.07) is 12.9. The van der Waals surface area contributed by atoms with Gasteiger partial charge in [-0.1, -0.05) is 30.3 Å². The molecule has 2 aromatic rings. The Labute approximate surface area is 130 Å². The number of hydrogen-bond acceptors (Lipinski definition) is 4. The normalized spacial score (nSPS) is 14.1. The molecule has 1 aromatic carbocycles. The third-order valence-corrected chi connectivity index (χ3v) is 3.43. The Morgan fingerprint density at radius 2 is 2.05 bits per heavy atom. The molecule has 2 rings (SSSR count). The maximum atomic E-state index is 11.7. The van der Waals surface area contributed by atoms with Gasteiger partial charge >= 0.3 is 0 Å². The molecule has 0 aliphatic heterocycles. The van der Waals surface area contributed by atoms with Gasteiger partial charge in [-0.05, 0) is 36.8 Å². The number of carbonyl (C=O) groups is 1. The van der Waals surface area contributed by atoms with Crippen LogP contribution in [-0.2, 0) is 4.79 Å². The molecule has 0 aliphatic carbocycles. The van der Waals surface area contributed by atoms with Crippen LogP contribution in [0.5, 0.6) is 0 Å². The molecular formula is C18H21NO3. The number of carbonyl (C=O) groups excluding carboxylic acids is 1. The fourth-order valence-corrected chi connectivity index (χ4v) is 2.12. The fraction of sp³-hybridized carbons (Fsp3) is 0.278. The largest absolute Gasteiger partial charge is 0.465 e. The second-order valence-electron chi connectivity index (χ2n) is 5.16. The van der Waals surface area contributed by atoms with Crippen molar-refractivity contribution in [2.24, 2.45) is 0 Å². The minimum atomic E-state index is -0.588. The molecule has 0 saturated carbocycles. The predicted molar refractivity (Wildman–Crippen MR) is 86.2 cm³/mol. The van der Waals surface area contributed by atoms with Crippen molar-refractivity contribution in [3.63, 3.8) is 0 Å². The van der Waals surface area contributed by atoms with Crippen LogP contribution in [-0.4, -0.2) is 23.5 Å². The summed E-state index contributed by atoms with van der Waals surface area (Å²) in [6.07, 6.45) is 4.53. The van der Waals surface area contributed by atoms with Crippen LogP contribution in [0.3, 0.4) is 0 Å². The third-order valence-electron chi connectivity index (χ3n) is 3.43. The van der Waals surface area contributed by atoms with Crippen molar-refractivity contribution >= 4 is 11.9 Å². The molecule has 4 heteroatoms. The fourth-order valence-electron chi connectivity index (χ4n) is 2.12. The van der Waals surface area contributed by atoms with Crippen molar-refractivity contribution in [2.45, 2.75) is 25.5 Å². The molecule has 0 aliphatic rings. The number of rotatable bonds is 8. The van der Waals surface area contributed by atoms with E-state index in [1.54, 1.807) is 24.5 Å². The van der Waals surface area contributed by atoms with Crippen molar-refractivity contribution in [1.29, 1.82) is 0 Å². The number of furan rings is 1. The van der Waals surface area contributed by atoms with Crippen LogP contribution in [0.2, 0.25) is 0 Å². The molecule has 116 valence electrons. The molecule has 0 radical (unpaired) electrons. The standard InChI is InChI=1S/C18H21NO3/c1-14(18(21)15-6-3-2-4-7-15)19-12-11-16(20)9-10-17-8-5-13-22-17/h2-10,13-14,18-19,21H,11-12H2,1H3/b10-9+. The molecule has 2 N–H and O–H groups in total. The van der Waals surface area contributed by atoms with Gasteiger partial charge in [0.1, 0.15) is 5.76 Å². The summed E-state index contributed by atoms with van der Waals surface area (Å²) in [4.78, 5) is 11.7. The van der Waals surface area contributed by atoms with Crippen LogP contribution >= 0.6 is 0 Å². The van der Waals surface area contributed by atoms with Crippen molar-refractivity contribution < 1.29 is 14.3 Å². The lowest BCUT2D eigenvalue weighted by Gasteiger charge is -2.20. The number of aliphatic hydroxyl groups is 1. The maximum Gasteiger partial charge on any atom is 0.157 e. The molecular weight excluding hydrogens is 278 g/mol. The molecule has 1 aromatic heterocycles. The summed E-state index contributed by atoms with van der Waals surface area (Å²) < 4.78 is 5.12. The Hall–Kier alpha value is -2.17. The minimum absolute atomic E-state index is 0.0188. The second kappa shape index (κ2) is 8.32. The molecule has 0 bridgehead atoms. The number of allylic oxidation sites excluding steroid dienone is 1. The van der Waals surface area contributed by atoms with Crippen LogP contribution < -0.4 is 5.32 Å². The van der Waals surface area contributed by atoms with E-state index in [0.29, 0.717) is 18.7 Å². The first-order valence-corrected chi connectivity index (χ1v) is 7.37. The van der Waals surface area contributed by atoms with E-state index in [1.165, 1.54) is 6.08 Å². The second-order valence-corrected chi connectivity index (χ2v) is 5.16. The summed E-state index contributed by atoms with van der Waals surface area (Å²) in [6.45, 7) is 2.42. The SMILES string of the molecule is CC(NCCC(=O)/C=C/c1ccco1)C(O)c1ccccc1. The highest BCUT2D eigenvalue weighted by Gasteiger charge is 2.15. The van der Waals surface area contributed by atoms with E-state index < -0.39 is 6.10 Å². The van der Waals surface area contributed by atoms with Gasteiger partial charge in [-0.3, -0.25) is 4.79 Å². The summed E-state index contributed by atoms with van der Waals surface area (Å²) >= 11 is 0. The quantitative estimate of drug-likeness (QED) is 0.736. The van der Waals surface area contributed by atoms with Crippen LogP contribution in [0.4, 0.5) is 0 Å². The van der Waals surface area contributed by atoms with E-state index in [-0.39, 0.29) is 11.8 Å². The summed E-state index contributed by atoms with van der Waals surface area (Å²) in [5, 5.41) is 13.4. The Morgan fingerprint density at radius 3 is 2.73 bits per heavy atom. The lowest BCUT2D eigenvalue weighted by atomic mass is 10.0. The van der Waals surface area contributed by atoms with Gasteiger partial charge in [0.25, 0.3) is 0 Å². The number of benzene rings is 1. The third kappa shape index (κ3) is 4.98. The van der Waals surface area contributed by atoms with E-state index in [1.807, 2.05) is 37.3 Å². The topological polar surface area (TPSA) is 62.5 Å². The maximum absolute atomic E-state index is 11.7. The van der Waals surface area contributed by atoms with Gasteiger partial charge in [-0.2, -0.15) is 0 Å². The number of aliphatic hydroxyl groups excluding tert-OH is 1. The van der Waals surface area contributed by atoms with Crippen molar-refractivity contribution in [1.82, 2.24) is 5.32 Å². The first-order chi connectivity index (χ1) is 10.7. The van der Waals surface area contributed by atoms with Crippen LogP contribution in [0.15, 0.2) is 59.2 Å². The zero-order valence-electron chi connectivity index (χ0n) is 12.6. The molecule has 0 fully saturated rings. The average Bonchev–Trinajstić information content (AvgIpc) is 3.06. The first kappa shape index (κ1) is 16.2. The summed E-state index contributed by atoms with van der Waals surface area (Å²) in [7, 11) is 0. The number of ketones is 1. The monoisotopic (exact) mass is 299 g/mol. The van der Waals surface area contributed by atoms with E-state index in [0.717, 1.165) is 5.56 Å². The molecule has 0 spiro atoms. The van der Waals surface area contributed by atoms with E-state index in [2.05, 4.69) is 5.32 Å². The summed E-state index contributed by atoms with van der Waals surface area (Å²) in [5.41, 5.74) is 0.867. The molecule has 0 amide bonds. The number of hydrogen-bond donors (Lipinski definition) is 2. The van der Waals surface area contributed by atoms with E-state index in [9.17, 15) is 9.90 Å². The smallest absolute Gasteiger partial charge is 0.157 e. The predicted octanol–water partition coefficient (Wildman–Crippen LogP) is 2.96. The van der Waals surface area contributed by atoms with Gasteiger partial charge in [0.05, 0.1) is 12.4 Å². The van der Waals surface area contributed by atoms with Gasteiger partial charge < -0.3 is 14.8 Å². The Morgan fingerprint density at radius 1 is 1.27 bits per heavy atom. The van der Waals surface area contributed by atoms with E-state index >= 15 is 0 Å². The van der Waals surface area contributed by atoms with Crippen molar-refractivity contribution in [3.05, 3.63) is 66.1 Å². The highest BCUT2D eigenvalue weighted by Crippen LogP contribution is 2.15. The first-order valence-electron chi connectivity index (χ1n) is 7.37. The van der Waals surface area contributed by atoms with Gasteiger partial charge in [0.15, 0.2) is 5.78 Å². The highest BCUT2D eigenvalue weighted by molar-refractivity contribution is 5.93. The van der Waals surface area contributed by atoms with Crippen molar-refractivity contribution in [2.75, 3.05) is 6.54 Å². The van der Waals surface area contributed by atoms with Gasteiger partial charge in [0.2, 0.25) is 0 Å². The Balaban J connectivity index is 1.72. The average molecular weight is 299 g/mol. The van der Waals surface area contributed by atoms with Crippen molar-refractivity contribution in [3.8, 4) is 0 Å². The molecule has 4 nitrogen and oxygen atoms in total. The molecule has 22 heavy (non-hydrogen) atoms. The highest BCUT2D eigenvalue weighted by atomic mass is 16.3. The van der Waals surface area contributed by atoms with Crippen LogP contribution in [0.1, 0.15) is 30.8 Å². The molecule has 2 atom stereocenters. The lowest BCUT2D eigenvalue weighted by molar-refractivity contribution is -0.114. The zero-order chi connectivity index (χ0) is 15.8. The summed E-state index contributed by atoms with van der Waals surface area (Å²) in [5.74, 6) is 0.680. The minimum Gasteiger partial charge on any atom is -0.465 e. The Kier molecular flexibility index (Phi) is 6.13. The molecule has 2 unspecified atom stereocenters. The molecule has 1 heterocycles. The van der Waals surface area contributed by atoms with Gasteiger partial charge in [-0.15, -0.1) is 0 Å². The molecule has 0 saturated heterocycles. The van der Waals surface area contributed by atoms with Crippen LogP contribution in [0, 0.1) is 0 Å². The van der Waals surface area contributed by atoms with Crippen LogP contribution in [0.25, 0.3) is 6.08 Å². The Bertz CT molecular complexity index is 590. The van der Waals surface area contributed by atoms with E-state index in [4.69, 9.17) is 4.42 Å².